The van der Waals surface area contributed by atoms with E-state index < -0.39 is 5.66 Å². The second-order valence-corrected chi connectivity index (χ2v) is 10.6. The van der Waals surface area contributed by atoms with Crippen molar-refractivity contribution in [1.82, 2.24) is 29.7 Å². The van der Waals surface area contributed by atoms with Crippen LogP contribution in [0.4, 0.5) is 0 Å². The zero-order chi connectivity index (χ0) is 24.6. The zero-order valence-corrected chi connectivity index (χ0v) is 24.8. The zero-order valence-electron chi connectivity index (χ0n) is 21.6. The first kappa shape index (κ1) is 32.2. The number of hydrogen-bond donors (Lipinski definition) is 2. The number of amides is 2. The molecule has 2 saturated heterocycles. The van der Waals surface area contributed by atoms with E-state index in [2.05, 4.69) is 27.2 Å². The summed E-state index contributed by atoms with van der Waals surface area (Å²) in [5.41, 5.74) is -0.100. The normalized spacial score (nSPS) is 18.6. The minimum Gasteiger partial charge on any atom is -0.351 e. The van der Waals surface area contributed by atoms with Crippen LogP contribution in [0.2, 0.25) is 5.02 Å². The summed E-state index contributed by atoms with van der Waals surface area (Å²) < 4.78 is 1.68. The number of imidazole rings is 1. The number of fused-ring (bicyclic) bond motifs is 1. The van der Waals surface area contributed by atoms with Crippen molar-refractivity contribution < 1.29 is 9.59 Å². The monoisotopic (exact) mass is 604 g/mol. The number of hydrogen-bond acceptors (Lipinski definition) is 4. The fourth-order valence-electron chi connectivity index (χ4n) is 5.65. The summed E-state index contributed by atoms with van der Waals surface area (Å²) in [6, 6.07) is 7.17. The molecule has 1 aromatic carbocycles. The van der Waals surface area contributed by atoms with Crippen LogP contribution in [0.5, 0.6) is 0 Å². The molecule has 0 radical (unpaired) electrons. The molecule has 5 rings (SSSR count). The molecule has 2 aliphatic heterocycles. The van der Waals surface area contributed by atoms with Crippen molar-refractivity contribution in [3.05, 3.63) is 53.7 Å². The van der Waals surface area contributed by atoms with Gasteiger partial charge in [-0.15, -0.1) is 37.2 Å². The Balaban J connectivity index is 0.00000169. The standard InChI is InChI=1S/C26H33ClN6O2.3ClH/c1-26(33-14-9-28-17-33,30-24(34)23-16-20-15-21(27)3-4-22(20)29-23)25(35)32-12-7-19(8-13-32)18-5-10-31(2)11-6-18;;;/h3-4,9,14-19,29H,5-8,10-13H2,1-2H3,(H,30,34);3*1H/t26-;;;/m0.../s1. The van der Waals surface area contributed by atoms with Gasteiger partial charge in [0.15, 0.2) is 5.66 Å². The number of benzene rings is 1. The third kappa shape index (κ3) is 6.59. The van der Waals surface area contributed by atoms with Crippen LogP contribution in [0.15, 0.2) is 43.0 Å². The van der Waals surface area contributed by atoms with Crippen molar-refractivity contribution in [3.63, 3.8) is 0 Å². The average molecular weight is 606 g/mol. The van der Waals surface area contributed by atoms with E-state index in [1.807, 2.05) is 11.0 Å². The molecule has 8 nitrogen and oxygen atoms in total. The van der Waals surface area contributed by atoms with E-state index in [1.165, 1.54) is 12.8 Å². The molecular weight excluding hydrogens is 570 g/mol. The van der Waals surface area contributed by atoms with E-state index in [0.717, 1.165) is 42.8 Å². The number of likely N-dealkylation sites (tertiary alicyclic amines) is 2. The van der Waals surface area contributed by atoms with Gasteiger partial charge in [0.2, 0.25) is 0 Å². The Bertz CT molecular complexity index is 1200. The molecule has 0 spiro atoms. The predicted molar refractivity (Wildman–Crippen MR) is 158 cm³/mol. The number of carbonyl (C=O) groups excluding carboxylic acids is 2. The quantitative estimate of drug-likeness (QED) is 0.430. The summed E-state index contributed by atoms with van der Waals surface area (Å²) in [5.74, 6) is 0.937. The van der Waals surface area contributed by atoms with E-state index in [0.29, 0.717) is 29.7 Å². The number of halogens is 4. The minimum atomic E-state index is -1.29. The summed E-state index contributed by atoms with van der Waals surface area (Å²) >= 11 is 6.10. The fraction of sp³-hybridized carbons (Fsp3) is 0.500. The van der Waals surface area contributed by atoms with Gasteiger partial charge in [-0.1, -0.05) is 11.6 Å². The summed E-state index contributed by atoms with van der Waals surface area (Å²) in [7, 11) is 2.19. The van der Waals surface area contributed by atoms with Gasteiger partial charge in [-0.05, 0) is 88.8 Å². The third-order valence-corrected chi connectivity index (χ3v) is 8.11. The van der Waals surface area contributed by atoms with Crippen molar-refractivity contribution >= 4 is 71.5 Å². The maximum atomic E-state index is 13.9. The highest BCUT2D eigenvalue weighted by molar-refractivity contribution is 6.31. The van der Waals surface area contributed by atoms with Crippen molar-refractivity contribution in [1.29, 1.82) is 0 Å². The van der Waals surface area contributed by atoms with Gasteiger partial charge in [0.1, 0.15) is 5.69 Å². The van der Waals surface area contributed by atoms with Gasteiger partial charge < -0.3 is 24.7 Å². The lowest BCUT2D eigenvalue weighted by molar-refractivity contribution is -0.143. The van der Waals surface area contributed by atoms with Crippen LogP contribution in [0.3, 0.4) is 0 Å². The molecule has 2 aromatic heterocycles. The van der Waals surface area contributed by atoms with Crippen LogP contribution < -0.4 is 5.32 Å². The molecule has 0 unspecified atom stereocenters. The van der Waals surface area contributed by atoms with Crippen LogP contribution in [0.25, 0.3) is 10.9 Å². The van der Waals surface area contributed by atoms with E-state index >= 15 is 0 Å². The Morgan fingerprint density at radius 1 is 1.03 bits per heavy atom. The van der Waals surface area contributed by atoms with Gasteiger partial charge in [0.05, 0.1) is 6.33 Å². The Hall–Kier alpha value is -1.97. The highest BCUT2D eigenvalue weighted by Crippen LogP contribution is 2.33. The molecule has 2 aliphatic rings. The molecule has 2 amide bonds. The number of nitrogens with one attached hydrogen (secondary N) is 2. The van der Waals surface area contributed by atoms with Gasteiger partial charge in [-0.25, -0.2) is 4.98 Å². The summed E-state index contributed by atoms with van der Waals surface area (Å²) in [4.78, 5) is 38.7. The molecule has 0 saturated carbocycles. The Labute approximate surface area is 247 Å². The molecule has 12 heteroatoms. The van der Waals surface area contributed by atoms with Gasteiger partial charge in [-0.3, -0.25) is 9.59 Å². The largest absolute Gasteiger partial charge is 0.351 e. The first-order chi connectivity index (χ1) is 16.8. The van der Waals surface area contributed by atoms with Crippen LogP contribution in [-0.2, 0) is 10.5 Å². The number of piperidine rings is 2. The lowest BCUT2D eigenvalue weighted by atomic mass is 9.79. The predicted octanol–water partition coefficient (Wildman–Crippen LogP) is 4.97. The smallest absolute Gasteiger partial charge is 0.269 e. The molecule has 38 heavy (non-hydrogen) atoms. The highest BCUT2D eigenvalue weighted by Gasteiger charge is 2.42. The van der Waals surface area contributed by atoms with E-state index in [-0.39, 0.29) is 49.0 Å². The number of aromatic amines is 1. The second kappa shape index (κ2) is 13.4. The number of carbonyl (C=O) groups is 2. The number of H-pyrrole nitrogens is 1. The lowest BCUT2D eigenvalue weighted by Crippen LogP contribution is -2.60. The molecule has 0 aliphatic carbocycles. The Kier molecular flexibility index (Phi) is 11.4. The van der Waals surface area contributed by atoms with E-state index in [9.17, 15) is 9.59 Å². The molecule has 0 bridgehead atoms. The van der Waals surface area contributed by atoms with E-state index in [1.54, 1.807) is 48.4 Å². The van der Waals surface area contributed by atoms with Crippen LogP contribution >= 0.6 is 48.8 Å². The SMILES string of the molecule is CN1CCC(C2CCN(C(=O)[C@@](C)(NC(=O)c3cc4cc(Cl)ccc4[nH]3)n3ccnc3)CC2)CC1.Cl.Cl.Cl. The Morgan fingerprint density at radius 3 is 2.26 bits per heavy atom. The molecule has 210 valence electrons. The fourth-order valence-corrected chi connectivity index (χ4v) is 5.83. The van der Waals surface area contributed by atoms with Gasteiger partial charge >= 0.3 is 0 Å². The van der Waals surface area contributed by atoms with Crippen molar-refractivity contribution in [2.75, 3.05) is 33.2 Å². The van der Waals surface area contributed by atoms with Gasteiger partial charge in [0.25, 0.3) is 11.8 Å². The summed E-state index contributed by atoms with van der Waals surface area (Å²) in [6.45, 7) is 5.49. The number of rotatable bonds is 5. The minimum absolute atomic E-state index is 0. The van der Waals surface area contributed by atoms with Crippen LogP contribution in [0, 0.1) is 11.8 Å². The van der Waals surface area contributed by atoms with Crippen molar-refractivity contribution in [2.45, 2.75) is 38.3 Å². The van der Waals surface area contributed by atoms with Gasteiger partial charge in [0, 0.05) is 41.4 Å². The molecule has 2 fully saturated rings. The third-order valence-electron chi connectivity index (χ3n) is 7.88. The molecule has 4 heterocycles. The number of nitrogens with zero attached hydrogens (tertiary/aromatic N) is 4. The second-order valence-electron chi connectivity index (χ2n) is 10.2. The lowest BCUT2D eigenvalue weighted by Gasteiger charge is -2.42. The first-order valence-corrected chi connectivity index (χ1v) is 12.8. The Morgan fingerprint density at radius 2 is 1.66 bits per heavy atom. The topological polar surface area (TPSA) is 86.3 Å². The van der Waals surface area contributed by atoms with Crippen molar-refractivity contribution in [3.8, 4) is 0 Å². The average Bonchev–Trinajstić information content (AvgIpc) is 3.55. The van der Waals surface area contributed by atoms with E-state index in [4.69, 9.17) is 11.6 Å². The molecule has 2 N–H and O–H groups in total. The first-order valence-electron chi connectivity index (χ1n) is 12.4. The summed E-state index contributed by atoms with van der Waals surface area (Å²) in [6.07, 6.45) is 9.42. The number of aromatic nitrogens is 3. The maximum Gasteiger partial charge on any atom is 0.269 e. The molecular formula is C26H36Cl4N6O2. The highest BCUT2D eigenvalue weighted by atomic mass is 35.5. The maximum absolute atomic E-state index is 13.9. The summed E-state index contributed by atoms with van der Waals surface area (Å²) in [5, 5.41) is 4.43. The molecule has 1 atom stereocenters. The van der Waals surface area contributed by atoms with Gasteiger partial charge in [-0.2, -0.15) is 0 Å². The van der Waals surface area contributed by atoms with Crippen LogP contribution in [-0.4, -0.2) is 69.4 Å². The van der Waals surface area contributed by atoms with Crippen molar-refractivity contribution in [2.24, 2.45) is 11.8 Å². The molecule has 3 aromatic rings. The van der Waals surface area contributed by atoms with Crippen LogP contribution in [0.1, 0.15) is 43.1 Å².